The molecule has 1 saturated heterocycles. The van der Waals surface area contributed by atoms with Crippen molar-refractivity contribution < 1.29 is 23.8 Å². The van der Waals surface area contributed by atoms with Gasteiger partial charge in [0.15, 0.2) is 0 Å². The lowest BCUT2D eigenvalue weighted by Crippen LogP contribution is -2.47. The molecule has 3 N–H and O–H groups in total. The summed E-state index contributed by atoms with van der Waals surface area (Å²) in [4.78, 5) is 35.7. The summed E-state index contributed by atoms with van der Waals surface area (Å²) in [5, 5.41) is 11.2. The van der Waals surface area contributed by atoms with Gasteiger partial charge in [-0.15, -0.1) is 0 Å². The lowest BCUT2D eigenvalue weighted by Gasteiger charge is -2.39. The number of nitrogens with zero attached hydrogens (tertiary/aromatic N) is 3. The molecule has 6 rings (SSSR count). The van der Waals surface area contributed by atoms with Crippen LogP contribution in [-0.2, 0) is 6.54 Å². The second-order valence-electron chi connectivity index (χ2n) is 9.88. The van der Waals surface area contributed by atoms with E-state index in [4.69, 9.17) is 9.84 Å². The number of urea groups is 1. The van der Waals surface area contributed by atoms with E-state index >= 15 is 0 Å². The van der Waals surface area contributed by atoms with E-state index in [0.717, 1.165) is 47.3 Å². The number of rotatable bonds is 3. The molecule has 1 fully saturated rings. The predicted octanol–water partition coefficient (Wildman–Crippen LogP) is 6.00. The monoisotopic (exact) mass is 529 g/mol. The van der Waals surface area contributed by atoms with Gasteiger partial charge in [-0.25, -0.2) is 19.0 Å². The predicted molar refractivity (Wildman–Crippen MR) is 144 cm³/mol. The molecule has 2 aliphatic heterocycles. The van der Waals surface area contributed by atoms with Gasteiger partial charge in [0.25, 0.3) is 0 Å². The van der Waals surface area contributed by atoms with E-state index in [-0.39, 0.29) is 23.8 Å². The van der Waals surface area contributed by atoms with Gasteiger partial charge in [0.05, 0.1) is 30.2 Å². The first kappa shape index (κ1) is 24.7. The van der Waals surface area contributed by atoms with Crippen LogP contribution in [0.25, 0.3) is 22.2 Å². The third-order valence-corrected chi connectivity index (χ3v) is 7.35. The molecule has 9 nitrogen and oxygen atoms in total. The highest BCUT2D eigenvalue weighted by molar-refractivity contribution is 5.87. The number of ether oxygens (including phenoxy) is 1. The number of aromatic amines is 1. The van der Waals surface area contributed by atoms with Gasteiger partial charge in [-0.05, 0) is 72.4 Å². The molecule has 4 aromatic rings. The van der Waals surface area contributed by atoms with E-state index in [2.05, 4.69) is 15.3 Å². The minimum atomic E-state index is -1.19. The molecule has 2 aliphatic rings. The molecule has 0 bridgehead atoms. The summed E-state index contributed by atoms with van der Waals surface area (Å²) < 4.78 is 19.5. The lowest BCUT2D eigenvalue weighted by molar-refractivity contribution is 0.110. The quantitative estimate of drug-likeness (QED) is 0.301. The van der Waals surface area contributed by atoms with E-state index in [0.29, 0.717) is 37.3 Å². The number of carbonyl (C=O) groups excluding carboxylic acids is 1. The van der Waals surface area contributed by atoms with Crippen molar-refractivity contribution in [3.63, 3.8) is 0 Å². The molecule has 0 radical (unpaired) electrons. The topological polar surface area (TPSA) is 111 Å². The van der Waals surface area contributed by atoms with Crippen LogP contribution in [0, 0.1) is 5.82 Å². The number of aromatic nitrogens is 2. The molecule has 10 heteroatoms. The fourth-order valence-electron chi connectivity index (χ4n) is 5.46. The van der Waals surface area contributed by atoms with Gasteiger partial charge in [-0.2, -0.15) is 0 Å². The van der Waals surface area contributed by atoms with Crippen LogP contribution in [0.2, 0.25) is 0 Å². The Bertz CT molecular complexity index is 1540. The summed E-state index contributed by atoms with van der Waals surface area (Å²) in [7, 11) is 0. The van der Waals surface area contributed by atoms with Crippen LogP contribution in [0.4, 0.5) is 19.9 Å². The molecule has 3 amide bonds. The summed E-state index contributed by atoms with van der Waals surface area (Å²) in [6, 6.07) is 17.9. The normalized spacial score (nSPS) is 17.3. The number of hydrogen-bond acceptors (Lipinski definition) is 4. The maximum absolute atomic E-state index is 13.8. The van der Waals surface area contributed by atoms with Crippen LogP contribution in [0.5, 0.6) is 5.75 Å². The number of piperidine rings is 1. The van der Waals surface area contributed by atoms with Crippen LogP contribution in [0.1, 0.15) is 36.4 Å². The zero-order valence-corrected chi connectivity index (χ0v) is 21.2. The highest BCUT2D eigenvalue weighted by Crippen LogP contribution is 2.34. The zero-order chi connectivity index (χ0) is 26.9. The Morgan fingerprint density at radius 1 is 1.03 bits per heavy atom. The molecule has 1 aromatic heterocycles. The van der Waals surface area contributed by atoms with Crippen molar-refractivity contribution >= 4 is 29.1 Å². The molecule has 1 atom stereocenters. The van der Waals surface area contributed by atoms with E-state index in [1.807, 2.05) is 46.2 Å². The Morgan fingerprint density at radius 2 is 1.82 bits per heavy atom. The molecule has 0 aliphatic carbocycles. The maximum Gasteiger partial charge on any atom is 0.411 e. The average Bonchev–Trinajstić information content (AvgIpc) is 3.21. The molecule has 39 heavy (non-hydrogen) atoms. The van der Waals surface area contributed by atoms with Gasteiger partial charge < -0.3 is 24.6 Å². The first-order chi connectivity index (χ1) is 18.9. The Balaban J connectivity index is 1.25. The van der Waals surface area contributed by atoms with Crippen molar-refractivity contribution in [2.45, 2.75) is 31.8 Å². The van der Waals surface area contributed by atoms with Crippen molar-refractivity contribution in [1.82, 2.24) is 19.8 Å². The summed E-state index contributed by atoms with van der Waals surface area (Å²) in [5.41, 5.74) is 5.08. The van der Waals surface area contributed by atoms with E-state index in [1.165, 1.54) is 12.1 Å². The van der Waals surface area contributed by atoms with Crippen LogP contribution in [0.3, 0.4) is 0 Å². The van der Waals surface area contributed by atoms with Crippen LogP contribution in [-0.4, -0.2) is 56.7 Å². The molecule has 1 unspecified atom stereocenters. The van der Waals surface area contributed by atoms with Gasteiger partial charge in [0.1, 0.15) is 18.2 Å². The number of imidazole rings is 1. The van der Waals surface area contributed by atoms with E-state index in [9.17, 15) is 14.0 Å². The van der Waals surface area contributed by atoms with Gasteiger partial charge in [-0.1, -0.05) is 24.3 Å². The van der Waals surface area contributed by atoms with Crippen molar-refractivity contribution in [3.8, 4) is 16.9 Å². The van der Waals surface area contributed by atoms with Crippen LogP contribution >= 0.6 is 0 Å². The first-order valence-electron chi connectivity index (χ1n) is 13.0. The van der Waals surface area contributed by atoms with Gasteiger partial charge in [-0.3, -0.25) is 5.32 Å². The van der Waals surface area contributed by atoms with E-state index in [1.54, 1.807) is 12.1 Å². The summed E-state index contributed by atoms with van der Waals surface area (Å²) in [5.74, 6) is 0.627. The van der Waals surface area contributed by atoms with E-state index < -0.39 is 6.09 Å². The smallest absolute Gasteiger partial charge is 0.411 e. The van der Waals surface area contributed by atoms with Gasteiger partial charge in [0.2, 0.25) is 5.95 Å². The number of nitrogens with one attached hydrogen (secondary N) is 2. The second kappa shape index (κ2) is 10.3. The molecular formula is C29H28FN5O4. The summed E-state index contributed by atoms with van der Waals surface area (Å²) >= 11 is 0. The van der Waals surface area contributed by atoms with Crippen molar-refractivity contribution in [2.75, 3.05) is 25.0 Å². The van der Waals surface area contributed by atoms with Crippen molar-refractivity contribution in [2.24, 2.45) is 0 Å². The number of benzene rings is 3. The number of likely N-dealkylation sites (tertiary alicyclic amines) is 1. The van der Waals surface area contributed by atoms with Crippen LogP contribution in [0.15, 0.2) is 60.7 Å². The molecule has 3 aromatic carbocycles. The minimum Gasteiger partial charge on any atom is -0.491 e. The Morgan fingerprint density at radius 3 is 2.64 bits per heavy atom. The standard InChI is InChI=1S/C29H28FN5O4/c30-22-8-4-18(5-9-22)25-3-1-2-12-35(25)29(38)34-13-14-39-26-11-7-19(15-21(26)17-34)20-6-10-23-24(16-20)32-27(31-23)33-28(36)37/h4-11,15-16,25H,1-3,12-14,17H2,(H,36,37)(H2,31,32,33). The number of halogens is 1. The van der Waals surface area contributed by atoms with Crippen molar-refractivity contribution in [3.05, 3.63) is 77.6 Å². The molecule has 0 spiro atoms. The van der Waals surface area contributed by atoms with Gasteiger partial charge in [0, 0.05) is 12.1 Å². The second-order valence-corrected chi connectivity index (χ2v) is 9.88. The number of H-pyrrole nitrogens is 1. The zero-order valence-electron chi connectivity index (χ0n) is 21.2. The summed E-state index contributed by atoms with van der Waals surface area (Å²) in [6.07, 6.45) is 1.62. The fourth-order valence-corrected chi connectivity index (χ4v) is 5.46. The first-order valence-corrected chi connectivity index (χ1v) is 13.0. The molecule has 3 heterocycles. The van der Waals surface area contributed by atoms with Crippen molar-refractivity contribution in [1.29, 1.82) is 0 Å². The third kappa shape index (κ3) is 5.09. The number of carboxylic acid groups (broad SMARTS) is 1. The maximum atomic E-state index is 13.8. The SMILES string of the molecule is O=C(O)Nc1nc2ccc(-c3ccc4c(c3)CN(C(=O)N3CCCCC3c3ccc(F)cc3)CCO4)cc2[nH]1. The molecule has 0 saturated carbocycles. The third-order valence-electron chi connectivity index (χ3n) is 7.35. The largest absolute Gasteiger partial charge is 0.491 e. The van der Waals surface area contributed by atoms with Crippen LogP contribution < -0.4 is 10.1 Å². The number of anilines is 1. The Labute approximate surface area is 224 Å². The minimum absolute atomic E-state index is 0.0387. The number of fused-ring (bicyclic) bond motifs is 2. The highest BCUT2D eigenvalue weighted by Gasteiger charge is 2.32. The number of hydrogen-bond donors (Lipinski definition) is 3. The lowest BCUT2D eigenvalue weighted by atomic mass is 9.95. The Hall–Kier alpha value is -4.60. The summed E-state index contributed by atoms with van der Waals surface area (Å²) in [6.45, 7) is 1.93. The fraction of sp³-hybridized carbons (Fsp3) is 0.276. The number of amides is 3. The van der Waals surface area contributed by atoms with Gasteiger partial charge >= 0.3 is 12.1 Å². The Kier molecular flexibility index (Phi) is 6.52. The molecular weight excluding hydrogens is 501 g/mol. The number of carbonyl (C=O) groups is 2. The molecule has 200 valence electrons. The highest BCUT2D eigenvalue weighted by atomic mass is 19.1. The average molecular weight is 530 g/mol.